The number of halogens is 1. The van der Waals surface area contributed by atoms with Crippen LogP contribution in [0, 0.1) is 10.5 Å². The van der Waals surface area contributed by atoms with Crippen molar-refractivity contribution in [3.8, 4) is 17.2 Å². The summed E-state index contributed by atoms with van der Waals surface area (Å²) in [7, 11) is 3.65. The number of rotatable bonds is 11. The summed E-state index contributed by atoms with van der Waals surface area (Å²) in [6.45, 7) is 1.95. The van der Waals surface area contributed by atoms with Gasteiger partial charge in [0.25, 0.3) is 0 Å². The molecular formula is C21H28INO7S. The van der Waals surface area contributed by atoms with E-state index in [1.165, 1.54) is 39.9 Å². The van der Waals surface area contributed by atoms with E-state index in [2.05, 4.69) is 22.6 Å². The molecule has 0 aromatic heterocycles. The van der Waals surface area contributed by atoms with E-state index in [9.17, 15) is 8.42 Å². The van der Waals surface area contributed by atoms with Gasteiger partial charge in [-0.15, -0.1) is 0 Å². The van der Waals surface area contributed by atoms with Crippen LogP contribution in [-0.2, 0) is 26.0 Å². The van der Waals surface area contributed by atoms with Crippen molar-refractivity contribution in [1.82, 2.24) is 4.31 Å². The number of aryl methyl sites for hydroxylation is 1. The largest absolute Gasteiger partial charge is 0.493 e. The molecule has 0 heterocycles. The lowest BCUT2D eigenvalue weighted by Gasteiger charge is -2.27. The first-order chi connectivity index (χ1) is 14.7. The molecule has 0 aliphatic rings. The van der Waals surface area contributed by atoms with Gasteiger partial charge in [0.15, 0.2) is 17.8 Å². The van der Waals surface area contributed by atoms with Gasteiger partial charge in [0.2, 0.25) is 15.8 Å². The average molecular weight is 565 g/mol. The first-order valence-corrected chi connectivity index (χ1v) is 11.8. The Morgan fingerprint density at radius 3 is 2.00 bits per heavy atom. The summed E-state index contributed by atoms with van der Waals surface area (Å²) in [5.41, 5.74) is 1.66. The molecule has 0 bridgehead atoms. The number of hydrogen-bond acceptors (Lipinski definition) is 7. The van der Waals surface area contributed by atoms with E-state index < -0.39 is 16.3 Å². The van der Waals surface area contributed by atoms with Gasteiger partial charge in [-0.25, -0.2) is 8.42 Å². The van der Waals surface area contributed by atoms with Gasteiger partial charge in [0.05, 0.1) is 36.3 Å². The van der Waals surface area contributed by atoms with Gasteiger partial charge in [-0.3, -0.25) is 0 Å². The molecule has 10 heteroatoms. The van der Waals surface area contributed by atoms with E-state index in [0.29, 0.717) is 26.4 Å². The first-order valence-electron chi connectivity index (χ1n) is 9.33. The maximum atomic E-state index is 13.5. The lowest BCUT2D eigenvalue weighted by molar-refractivity contribution is -0.108. The highest BCUT2D eigenvalue weighted by Gasteiger charge is 2.30. The van der Waals surface area contributed by atoms with Crippen molar-refractivity contribution in [1.29, 1.82) is 0 Å². The van der Waals surface area contributed by atoms with Gasteiger partial charge in [-0.2, -0.15) is 4.31 Å². The van der Waals surface area contributed by atoms with Gasteiger partial charge in [-0.05, 0) is 53.3 Å². The summed E-state index contributed by atoms with van der Waals surface area (Å²) in [6.07, 6.45) is -0.736. The van der Waals surface area contributed by atoms with Crippen molar-refractivity contribution in [2.45, 2.75) is 24.7 Å². The van der Waals surface area contributed by atoms with Crippen LogP contribution in [0.1, 0.15) is 11.1 Å². The van der Waals surface area contributed by atoms with Crippen molar-refractivity contribution >= 4 is 32.6 Å². The van der Waals surface area contributed by atoms with E-state index >= 15 is 0 Å². The lowest BCUT2D eigenvalue weighted by atomic mass is 10.1. The molecule has 2 aromatic carbocycles. The number of sulfonamides is 1. The topological polar surface area (TPSA) is 83.5 Å². The quantitative estimate of drug-likeness (QED) is 0.305. The predicted molar refractivity (Wildman–Crippen MR) is 125 cm³/mol. The summed E-state index contributed by atoms with van der Waals surface area (Å²) in [5.74, 6) is 1.36. The molecule has 0 aliphatic carbocycles. The number of ether oxygens (including phenoxy) is 5. The molecule has 0 unspecified atom stereocenters. The van der Waals surface area contributed by atoms with Crippen LogP contribution in [0.15, 0.2) is 35.2 Å². The summed E-state index contributed by atoms with van der Waals surface area (Å²) >= 11 is 2.11. The van der Waals surface area contributed by atoms with Gasteiger partial charge in [0, 0.05) is 20.8 Å². The Labute approximate surface area is 197 Å². The third-order valence-electron chi connectivity index (χ3n) is 4.73. The second kappa shape index (κ2) is 11.3. The molecule has 0 saturated heterocycles. The number of hydrogen-bond donors (Lipinski definition) is 0. The van der Waals surface area contributed by atoms with Crippen molar-refractivity contribution in [3.05, 3.63) is 45.0 Å². The fourth-order valence-electron chi connectivity index (χ4n) is 3.00. The molecule has 172 valence electrons. The third kappa shape index (κ3) is 5.80. The molecular weight excluding hydrogens is 537 g/mol. The minimum Gasteiger partial charge on any atom is -0.493 e. The Balaban J connectivity index is 2.57. The molecule has 0 amide bonds. The zero-order valence-electron chi connectivity index (χ0n) is 18.5. The first kappa shape index (κ1) is 25.7. The van der Waals surface area contributed by atoms with E-state index in [4.69, 9.17) is 23.7 Å². The van der Waals surface area contributed by atoms with Crippen LogP contribution in [0.5, 0.6) is 17.2 Å². The average Bonchev–Trinajstić information content (AvgIpc) is 2.77. The monoisotopic (exact) mass is 565 g/mol. The van der Waals surface area contributed by atoms with Gasteiger partial charge >= 0.3 is 0 Å². The minimum absolute atomic E-state index is 0.00402. The fraction of sp³-hybridized carbons (Fsp3) is 0.429. The highest BCUT2D eigenvalue weighted by atomic mass is 127. The van der Waals surface area contributed by atoms with Gasteiger partial charge in [0.1, 0.15) is 0 Å². The molecule has 0 saturated carbocycles. The van der Waals surface area contributed by atoms with Crippen LogP contribution in [0.3, 0.4) is 0 Å². The Kier molecular flexibility index (Phi) is 9.37. The Hall–Kier alpha value is -1.60. The molecule has 31 heavy (non-hydrogen) atoms. The minimum atomic E-state index is -3.85. The maximum absolute atomic E-state index is 13.5. The SMILES string of the molecule is COc1cc(CN(CC(OC)OC)S(=O)(=O)c2ccc(C)cc2)c(I)c(OC)c1OC. The Bertz CT molecular complexity index is 976. The molecule has 0 aliphatic heterocycles. The van der Waals surface area contributed by atoms with Crippen molar-refractivity contribution < 1.29 is 32.1 Å². The molecule has 2 aromatic rings. The number of nitrogens with zero attached hydrogens (tertiary/aromatic N) is 1. The predicted octanol–water partition coefficient (Wildman–Crippen LogP) is 3.44. The molecule has 0 fully saturated rings. The second-order valence-corrected chi connectivity index (χ2v) is 9.65. The number of methoxy groups -OCH3 is 5. The van der Waals surface area contributed by atoms with Gasteiger partial charge in [-0.1, -0.05) is 17.7 Å². The van der Waals surface area contributed by atoms with Crippen LogP contribution in [0.25, 0.3) is 0 Å². The normalized spacial score (nSPS) is 11.8. The van der Waals surface area contributed by atoms with E-state index in [1.807, 2.05) is 6.92 Å². The van der Waals surface area contributed by atoms with E-state index in [-0.39, 0.29) is 18.0 Å². The zero-order valence-corrected chi connectivity index (χ0v) is 21.4. The van der Waals surface area contributed by atoms with Crippen LogP contribution >= 0.6 is 22.6 Å². The summed E-state index contributed by atoms with van der Waals surface area (Å²) < 4.78 is 55.9. The van der Waals surface area contributed by atoms with Crippen LogP contribution < -0.4 is 14.2 Å². The fourth-order valence-corrected chi connectivity index (χ4v) is 5.19. The van der Waals surface area contributed by atoms with Gasteiger partial charge < -0.3 is 23.7 Å². The molecule has 0 spiro atoms. The van der Waals surface area contributed by atoms with Crippen molar-refractivity contribution in [2.75, 3.05) is 42.1 Å². The van der Waals surface area contributed by atoms with Crippen LogP contribution in [0.2, 0.25) is 0 Å². The molecule has 0 radical (unpaired) electrons. The van der Waals surface area contributed by atoms with Crippen molar-refractivity contribution in [2.24, 2.45) is 0 Å². The van der Waals surface area contributed by atoms with Crippen LogP contribution in [0.4, 0.5) is 0 Å². The highest BCUT2D eigenvalue weighted by Crippen LogP contribution is 2.43. The summed E-state index contributed by atoms with van der Waals surface area (Å²) in [5, 5.41) is 0. The Morgan fingerprint density at radius 2 is 1.52 bits per heavy atom. The molecule has 0 atom stereocenters. The summed E-state index contributed by atoms with van der Waals surface area (Å²) in [6, 6.07) is 8.45. The lowest BCUT2D eigenvalue weighted by Crippen LogP contribution is -2.38. The molecule has 8 nitrogen and oxygen atoms in total. The van der Waals surface area contributed by atoms with E-state index in [0.717, 1.165) is 5.56 Å². The zero-order chi connectivity index (χ0) is 23.2. The smallest absolute Gasteiger partial charge is 0.243 e. The second-order valence-electron chi connectivity index (χ2n) is 6.63. The molecule has 0 N–H and O–H groups in total. The van der Waals surface area contributed by atoms with Crippen LogP contribution in [-0.4, -0.2) is 61.1 Å². The van der Waals surface area contributed by atoms with Crippen molar-refractivity contribution in [3.63, 3.8) is 0 Å². The maximum Gasteiger partial charge on any atom is 0.243 e. The third-order valence-corrected chi connectivity index (χ3v) is 7.74. The molecule has 2 rings (SSSR count). The van der Waals surface area contributed by atoms with E-state index in [1.54, 1.807) is 30.3 Å². The summed E-state index contributed by atoms with van der Waals surface area (Å²) in [4.78, 5) is 0.187. The standard InChI is InChI=1S/C21H28INO7S/c1-14-7-9-16(10-8-14)31(24,25)23(13-18(27-3)28-4)12-15-11-17(26-2)20(29-5)21(30-6)19(15)22/h7-11,18H,12-13H2,1-6H3. The highest BCUT2D eigenvalue weighted by molar-refractivity contribution is 14.1. The number of benzene rings is 2. The Morgan fingerprint density at radius 1 is 0.935 bits per heavy atom.